The van der Waals surface area contributed by atoms with Gasteiger partial charge < -0.3 is 11.6 Å². The first-order valence-electron chi connectivity index (χ1n) is 1.11. The second-order valence-electron chi connectivity index (χ2n) is 0.610. The summed E-state index contributed by atoms with van der Waals surface area (Å²) >= 11 is 0. The molecule has 0 aliphatic heterocycles. The summed E-state index contributed by atoms with van der Waals surface area (Å²) in [5.41, 5.74) is 0. The average molecular weight is 138 g/mol. The summed E-state index contributed by atoms with van der Waals surface area (Å²) in [6.07, 6.45) is 0. The second-order valence-corrected chi connectivity index (χ2v) is 0.610. The molecule has 4 nitrogen and oxygen atoms in total. The van der Waals surface area contributed by atoms with Crippen LogP contribution in [0.4, 0.5) is 9.41 Å². The number of hydrogen-bond donors (Lipinski definition) is 2. The first kappa shape index (κ1) is 23.8. The fourth-order valence-corrected chi connectivity index (χ4v) is 0. The summed E-state index contributed by atoms with van der Waals surface area (Å²) in [4.78, 5) is 18.2. The molecule has 0 spiro atoms. The van der Waals surface area contributed by atoms with Crippen LogP contribution in [0.5, 0.6) is 0 Å². The minimum absolute atomic E-state index is 0. The molecule has 0 atom stereocenters. The van der Waals surface area contributed by atoms with Crippen molar-refractivity contribution >= 4 is 11.9 Å². The van der Waals surface area contributed by atoms with Crippen LogP contribution in [0, 0.1) is 0 Å². The summed E-state index contributed by atoms with van der Waals surface area (Å²) in [6, 6.07) is 0. The van der Waals surface area contributed by atoms with Gasteiger partial charge in [0.05, 0.1) is 0 Å². The molecule has 0 aromatic heterocycles. The molecule has 0 radical (unpaired) electrons. The van der Waals surface area contributed by atoms with E-state index in [0.717, 1.165) is 0 Å². The van der Waals surface area contributed by atoms with E-state index in [1.807, 2.05) is 0 Å². The van der Waals surface area contributed by atoms with Crippen LogP contribution in [0.25, 0.3) is 0 Å². The molecule has 0 heterocycles. The smallest absolute Gasteiger partial charge is 1.00 e. The van der Waals surface area contributed by atoms with E-state index >= 15 is 0 Å². The Balaban J connectivity index is -0.0000000208. The zero-order valence-corrected chi connectivity index (χ0v) is 4.53. The molecule has 0 aromatic rings. The van der Waals surface area contributed by atoms with Crippen molar-refractivity contribution < 1.29 is 49.5 Å². The molecule has 0 aromatic carbocycles. The molecule has 0 unspecified atom stereocenters. The van der Waals surface area contributed by atoms with Gasteiger partial charge >= 0.3 is 30.8 Å². The van der Waals surface area contributed by atoms with Gasteiger partial charge in [0.2, 0.25) is 0 Å². The first-order chi connectivity index (χ1) is 2.64. The predicted octanol–water partition coefficient (Wildman–Crippen LogP) is -3.42. The molecule has 9 heavy (non-hydrogen) atoms. The SMILES string of the molecule is F.F.O=C(O)C(=O)O.[H-].[Li+]. The zero-order chi connectivity index (χ0) is 5.15. The van der Waals surface area contributed by atoms with Crippen molar-refractivity contribution in [2.75, 3.05) is 0 Å². The number of aliphatic carboxylic acids is 2. The van der Waals surface area contributed by atoms with Crippen LogP contribution in [-0.2, 0) is 9.59 Å². The average Bonchev–Trinajstić information content (AvgIpc) is 1.36. The Kier molecular flexibility index (Phi) is 27.4. The van der Waals surface area contributed by atoms with E-state index in [4.69, 9.17) is 19.8 Å². The van der Waals surface area contributed by atoms with Gasteiger partial charge in [0, 0.05) is 0 Å². The molecule has 0 amide bonds. The molecular weight excluding hydrogens is 133 g/mol. The van der Waals surface area contributed by atoms with Gasteiger partial charge in [-0.15, -0.1) is 0 Å². The van der Waals surface area contributed by atoms with Gasteiger partial charge in [-0.25, -0.2) is 9.59 Å². The summed E-state index contributed by atoms with van der Waals surface area (Å²) < 4.78 is 0. The Bertz CT molecular complexity index is 87.3. The van der Waals surface area contributed by atoms with Crippen LogP contribution in [0.15, 0.2) is 0 Å². The maximum absolute atomic E-state index is 9.10. The normalized spacial score (nSPS) is 4.89. The Morgan fingerprint density at radius 2 is 1.11 bits per heavy atom. The van der Waals surface area contributed by atoms with E-state index in [1.54, 1.807) is 0 Å². The van der Waals surface area contributed by atoms with Crippen LogP contribution in [0.3, 0.4) is 0 Å². The molecule has 0 saturated carbocycles. The van der Waals surface area contributed by atoms with E-state index < -0.39 is 11.9 Å². The van der Waals surface area contributed by atoms with E-state index in [1.165, 1.54) is 0 Å². The minimum atomic E-state index is -1.82. The van der Waals surface area contributed by atoms with Crippen molar-refractivity contribution in [2.24, 2.45) is 0 Å². The molecule has 0 fully saturated rings. The van der Waals surface area contributed by atoms with Gasteiger partial charge in [0.25, 0.3) is 0 Å². The van der Waals surface area contributed by atoms with Gasteiger partial charge in [-0.3, -0.25) is 9.41 Å². The third-order valence-corrected chi connectivity index (χ3v) is 0.183. The Hall–Kier alpha value is -0.603. The summed E-state index contributed by atoms with van der Waals surface area (Å²) in [5.74, 6) is -3.65. The maximum atomic E-state index is 9.10. The number of halogens is 2. The van der Waals surface area contributed by atoms with Crippen LogP contribution in [0.1, 0.15) is 1.43 Å². The molecule has 52 valence electrons. The predicted molar refractivity (Wildman–Crippen MR) is 21.4 cm³/mol. The molecule has 7 heteroatoms. The van der Waals surface area contributed by atoms with E-state index in [9.17, 15) is 0 Å². The molecule has 2 N–H and O–H groups in total. The molecule has 0 aliphatic rings. The fourth-order valence-electron chi connectivity index (χ4n) is 0. The van der Waals surface area contributed by atoms with Crippen molar-refractivity contribution in [3.63, 3.8) is 0 Å². The van der Waals surface area contributed by atoms with Crippen molar-refractivity contribution in [2.45, 2.75) is 0 Å². The Labute approximate surface area is 62.3 Å². The zero-order valence-electron chi connectivity index (χ0n) is 5.53. The van der Waals surface area contributed by atoms with Crippen molar-refractivity contribution in [3.8, 4) is 0 Å². The van der Waals surface area contributed by atoms with Gasteiger partial charge in [0.1, 0.15) is 0 Å². The molecule has 0 saturated heterocycles. The molecule has 0 rings (SSSR count). The number of carbonyl (C=O) groups is 2. The number of carboxylic acid groups (broad SMARTS) is 2. The van der Waals surface area contributed by atoms with Gasteiger partial charge in [-0.05, 0) is 0 Å². The standard InChI is InChI=1S/C2H2O4.2FH.Li.H/c3-1(4)2(5)6;;;;/h(H,3,4)(H,5,6);2*1H;;/q;;;+1;-1. The third-order valence-electron chi connectivity index (χ3n) is 0.183. The van der Waals surface area contributed by atoms with E-state index in [-0.39, 0.29) is 29.7 Å². The van der Waals surface area contributed by atoms with Crippen molar-refractivity contribution in [3.05, 3.63) is 0 Å². The van der Waals surface area contributed by atoms with Crippen molar-refractivity contribution in [1.29, 1.82) is 0 Å². The topological polar surface area (TPSA) is 74.6 Å². The largest absolute Gasteiger partial charge is 1.00 e. The van der Waals surface area contributed by atoms with Crippen molar-refractivity contribution in [1.82, 2.24) is 0 Å². The molecule has 0 aliphatic carbocycles. The monoisotopic (exact) mass is 138 g/mol. The number of rotatable bonds is 0. The summed E-state index contributed by atoms with van der Waals surface area (Å²) in [6.45, 7) is 0. The van der Waals surface area contributed by atoms with E-state index in [0.29, 0.717) is 0 Å². The van der Waals surface area contributed by atoms with Crippen LogP contribution >= 0.6 is 0 Å². The third kappa shape index (κ3) is 18.7. The minimum Gasteiger partial charge on any atom is -1.00 e. The van der Waals surface area contributed by atoms with Crippen LogP contribution in [0.2, 0.25) is 0 Å². The second kappa shape index (κ2) is 10.4. The van der Waals surface area contributed by atoms with Gasteiger partial charge in [-0.1, -0.05) is 0 Å². The summed E-state index contributed by atoms with van der Waals surface area (Å²) in [5, 5.41) is 14.8. The Morgan fingerprint density at radius 1 is 1.00 bits per heavy atom. The Morgan fingerprint density at radius 3 is 1.11 bits per heavy atom. The van der Waals surface area contributed by atoms with E-state index in [2.05, 4.69) is 0 Å². The maximum Gasteiger partial charge on any atom is 1.00 e. The molecule has 0 bridgehead atoms. The van der Waals surface area contributed by atoms with Crippen LogP contribution < -0.4 is 18.9 Å². The fraction of sp³-hybridized carbons (Fsp3) is 0. The number of carboxylic acids is 2. The van der Waals surface area contributed by atoms with Gasteiger partial charge in [-0.2, -0.15) is 0 Å². The first-order valence-corrected chi connectivity index (χ1v) is 1.11. The van der Waals surface area contributed by atoms with Gasteiger partial charge in [0.15, 0.2) is 0 Å². The number of hydrogen-bond acceptors (Lipinski definition) is 2. The molecular formula is C2H5F2LiO4. The quantitative estimate of drug-likeness (QED) is 0.270. The van der Waals surface area contributed by atoms with Crippen LogP contribution in [-0.4, -0.2) is 22.2 Å². The summed E-state index contributed by atoms with van der Waals surface area (Å²) in [7, 11) is 0.